The lowest BCUT2D eigenvalue weighted by Gasteiger charge is -1.78. The highest BCUT2D eigenvalue weighted by molar-refractivity contribution is 4.33. The maximum absolute atomic E-state index is 7.54. The van der Waals surface area contributed by atoms with Crippen molar-refractivity contribution in [2.24, 2.45) is 11.0 Å². The van der Waals surface area contributed by atoms with Gasteiger partial charge in [-0.3, -0.25) is 5.73 Å². The quantitative estimate of drug-likeness (QED) is 0.159. The third-order valence-corrected chi connectivity index (χ3v) is 0.207. The van der Waals surface area contributed by atoms with Crippen LogP contribution in [-0.4, -0.2) is 6.67 Å². The molecule has 0 rings (SSSR count). The molecule has 0 bridgehead atoms. The van der Waals surface area contributed by atoms with Crippen LogP contribution in [0.3, 0.4) is 0 Å². The van der Waals surface area contributed by atoms with Crippen LogP contribution in [0, 0.1) is 0 Å². The van der Waals surface area contributed by atoms with Crippen molar-refractivity contribution < 1.29 is 0 Å². The second kappa shape index (κ2) is 4.07. The number of nitrogens with zero attached hydrogens (tertiary/aromatic N) is 3. The van der Waals surface area contributed by atoms with Gasteiger partial charge < -0.3 is 0 Å². The molecule has 3 N–H and O–H groups in total. The number of nitrogens with one attached hydrogen (secondary N) is 1. The van der Waals surface area contributed by atoms with Crippen molar-refractivity contribution in [1.29, 1.82) is 0 Å². The molecular weight excluding hydrogens is 82.0 g/mol. The first-order chi connectivity index (χ1) is 2.91. The second-order valence-corrected chi connectivity index (χ2v) is 0.552. The molecule has 0 saturated heterocycles. The smallest absolute Gasteiger partial charge is 0.136 e. The summed E-state index contributed by atoms with van der Waals surface area (Å²) in [7, 11) is 0. The lowest BCUT2D eigenvalue weighted by atomic mass is 11.2. The maximum Gasteiger partial charge on any atom is 0.136 e. The van der Waals surface area contributed by atoms with Crippen molar-refractivity contribution >= 4 is 0 Å². The fourth-order valence-corrected chi connectivity index (χ4v) is 0.0724. The van der Waals surface area contributed by atoms with E-state index in [-0.39, 0.29) is 6.67 Å². The van der Waals surface area contributed by atoms with E-state index in [0.29, 0.717) is 0 Å². The molecule has 5 nitrogen and oxygen atoms in total. The molecule has 34 valence electrons. The Bertz CT molecular complexity index is 60.3. The monoisotopic (exact) mass is 87.1 g/mol. The highest BCUT2D eigenvalue weighted by Gasteiger charge is 1.60. The minimum Gasteiger partial charge on any atom is -0.295 e. The van der Waals surface area contributed by atoms with Crippen molar-refractivity contribution in [2.75, 3.05) is 6.67 Å². The number of hydrogen-bond acceptors (Lipinski definition) is 2. The van der Waals surface area contributed by atoms with Gasteiger partial charge in [0.1, 0.15) is 6.67 Å². The number of rotatable bonds is 2. The number of nitrogens with two attached hydrogens (primary N) is 1. The predicted molar refractivity (Wildman–Crippen MR) is 21.3 cm³/mol. The summed E-state index contributed by atoms with van der Waals surface area (Å²) < 4.78 is 0. The van der Waals surface area contributed by atoms with Crippen LogP contribution in [0.2, 0.25) is 0 Å². The van der Waals surface area contributed by atoms with Crippen LogP contribution >= 0.6 is 0 Å². The minimum absolute atomic E-state index is 0.185. The molecule has 0 amide bonds. The van der Waals surface area contributed by atoms with E-state index in [1.807, 2.05) is 0 Å². The van der Waals surface area contributed by atoms with Gasteiger partial charge in [0.2, 0.25) is 0 Å². The standard InChI is InChI=1S/CH5N5/c2-1-4-6-5-3/h4H,1-2H2. The van der Waals surface area contributed by atoms with Gasteiger partial charge in [-0.05, 0) is 5.22 Å². The Labute approximate surface area is 34.7 Å². The molecule has 0 aliphatic rings. The van der Waals surface area contributed by atoms with E-state index in [1.54, 1.807) is 0 Å². The summed E-state index contributed by atoms with van der Waals surface area (Å²) in [6.07, 6.45) is 0. The second-order valence-electron chi connectivity index (χ2n) is 0.552. The highest BCUT2D eigenvalue weighted by atomic mass is 15.4. The molecule has 0 aliphatic heterocycles. The van der Waals surface area contributed by atoms with Crippen LogP contribution in [0.15, 0.2) is 5.22 Å². The number of hydrogen-bond donors (Lipinski definition) is 2. The Morgan fingerprint density at radius 2 is 2.67 bits per heavy atom. The molecule has 6 heavy (non-hydrogen) atoms. The molecule has 0 heterocycles. The maximum atomic E-state index is 7.54. The first-order valence-electron chi connectivity index (χ1n) is 1.39. The van der Waals surface area contributed by atoms with Gasteiger partial charge >= 0.3 is 0 Å². The zero-order valence-electron chi connectivity index (χ0n) is 3.13. The van der Waals surface area contributed by atoms with Gasteiger partial charge in [-0.15, -0.1) is 5.53 Å². The van der Waals surface area contributed by atoms with Gasteiger partial charge in [-0.25, -0.2) is 5.43 Å². The average Bonchev–Trinajstić information content (AvgIpc) is 1.61. The Hall–Kier alpha value is -0.930. The third-order valence-electron chi connectivity index (χ3n) is 0.207. The van der Waals surface area contributed by atoms with Crippen molar-refractivity contribution in [2.45, 2.75) is 0 Å². The van der Waals surface area contributed by atoms with E-state index >= 15 is 0 Å². The van der Waals surface area contributed by atoms with Crippen molar-refractivity contribution in [3.05, 3.63) is 10.4 Å². The summed E-state index contributed by atoms with van der Waals surface area (Å²) in [6, 6.07) is 0. The van der Waals surface area contributed by atoms with Crippen molar-refractivity contribution in [3.63, 3.8) is 0 Å². The van der Waals surface area contributed by atoms with Crippen LogP contribution < -0.4 is 11.2 Å². The fraction of sp³-hybridized carbons (Fsp3) is 1.00. The summed E-state index contributed by atoms with van der Waals surface area (Å²) in [6.45, 7) is 0.185. The zero-order chi connectivity index (χ0) is 4.83. The molecule has 0 saturated carbocycles. The van der Waals surface area contributed by atoms with Gasteiger partial charge in [-0.1, -0.05) is 0 Å². The average molecular weight is 87.1 g/mol. The molecule has 5 heteroatoms. The molecule has 0 aliphatic carbocycles. The van der Waals surface area contributed by atoms with Crippen LogP contribution in [-0.2, 0) is 0 Å². The molecule has 0 aromatic heterocycles. The van der Waals surface area contributed by atoms with E-state index in [1.165, 1.54) is 0 Å². The first-order valence-corrected chi connectivity index (χ1v) is 1.39. The lowest BCUT2D eigenvalue weighted by Crippen LogP contribution is -2.14. The van der Waals surface area contributed by atoms with Crippen LogP contribution in [0.4, 0.5) is 0 Å². The lowest BCUT2D eigenvalue weighted by molar-refractivity contribution is 0.750. The molecule has 0 radical (unpaired) electrons. The summed E-state index contributed by atoms with van der Waals surface area (Å²) in [5, 5.41) is 2.90. The van der Waals surface area contributed by atoms with Crippen LogP contribution in [0.25, 0.3) is 10.4 Å². The normalized spacial score (nSPS) is 6.17. The van der Waals surface area contributed by atoms with E-state index < -0.39 is 0 Å². The van der Waals surface area contributed by atoms with E-state index in [2.05, 4.69) is 15.6 Å². The summed E-state index contributed by atoms with van der Waals surface area (Å²) in [5.74, 6) is 0. The van der Waals surface area contributed by atoms with Crippen LogP contribution in [0.5, 0.6) is 0 Å². The largest absolute Gasteiger partial charge is 0.295 e. The Balaban J connectivity index is 2.86. The van der Waals surface area contributed by atoms with Crippen LogP contribution in [0.1, 0.15) is 0 Å². The van der Waals surface area contributed by atoms with Gasteiger partial charge in [0.25, 0.3) is 0 Å². The summed E-state index contributed by atoms with van der Waals surface area (Å²) in [4.78, 5) is 2.36. The third kappa shape index (κ3) is 3.07. The van der Waals surface area contributed by atoms with Crippen molar-refractivity contribution in [1.82, 2.24) is 5.43 Å². The predicted octanol–water partition coefficient (Wildman–Crippen LogP) is -0.282. The van der Waals surface area contributed by atoms with Gasteiger partial charge in [0.15, 0.2) is 0 Å². The van der Waals surface area contributed by atoms with Crippen molar-refractivity contribution in [3.8, 4) is 0 Å². The minimum atomic E-state index is 0.185. The Kier molecular flexibility index (Phi) is 3.44. The van der Waals surface area contributed by atoms with E-state index in [9.17, 15) is 0 Å². The van der Waals surface area contributed by atoms with Gasteiger partial charge in [0, 0.05) is 0 Å². The fourth-order valence-electron chi connectivity index (χ4n) is 0.0724. The molecule has 0 spiro atoms. The van der Waals surface area contributed by atoms with Gasteiger partial charge in [-0.2, -0.15) is 4.91 Å². The summed E-state index contributed by atoms with van der Waals surface area (Å²) >= 11 is 0. The van der Waals surface area contributed by atoms with E-state index in [4.69, 9.17) is 11.3 Å². The molecule has 0 atom stereocenters. The van der Waals surface area contributed by atoms with Gasteiger partial charge in [0.05, 0.1) is 0 Å². The summed E-state index contributed by atoms with van der Waals surface area (Å²) in [5.41, 5.74) is 14.6. The number of azide groups is 1. The SMILES string of the molecule is [N-]=[N+]=NNCN. The molecule has 0 aromatic carbocycles. The Morgan fingerprint density at radius 1 is 2.00 bits per heavy atom. The first kappa shape index (κ1) is 5.07. The zero-order valence-corrected chi connectivity index (χ0v) is 3.13. The molecular formula is CH5N5. The highest BCUT2D eigenvalue weighted by Crippen LogP contribution is 1.50. The molecule has 0 fully saturated rings. The Morgan fingerprint density at radius 3 is 2.83 bits per heavy atom. The topological polar surface area (TPSA) is 86.8 Å². The van der Waals surface area contributed by atoms with E-state index in [0.717, 1.165) is 0 Å². The molecule has 0 unspecified atom stereocenters. The molecule has 0 aromatic rings.